The van der Waals surface area contributed by atoms with Crippen molar-refractivity contribution < 1.29 is 102 Å². The molecule has 3 aliphatic rings. The number of carbonyl (C=O) groups excluding carboxylic acids is 5. The Bertz CT molecular complexity index is 1410. The molecular formula is C28H39N3O21. The first-order valence-electron chi connectivity index (χ1n) is 15.3. The SMILES string of the molecule is CC(=O)N[C@@H]1[C@@H](OC(C)=O)[C@@H](O[C@H]2O[C@H](C(=O)O)[C@H](O[C@H]3O[C@H](C(=O)O)[C@H](O)[C@H](O)[C@H]3NC(C)=O)[C@H](OC(C)=O)[C@H]2NC(C)=O)[C@@H](C(=O)O)O[C@@H]1O. The predicted octanol–water partition coefficient (Wildman–Crippen LogP) is -5.72. The highest BCUT2D eigenvalue weighted by Crippen LogP contribution is 2.35. The van der Waals surface area contributed by atoms with Gasteiger partial charge in [0.25, 0.3) is 0 Å². The van der Waals surface area contributed by atoms with E-state index in [-0.39, 0.29) is 0 Å². The van der Waals surface area contributed by atoms with Crippen LogP contribution in [0.15, 0.2) is 0 Å². The van der Waals surface area contributed by atoms with Crippen LogP contribution in [-0.2, 0) is 71.5 Å². The second kappa shape index (κ2) is 17.3. The topological polar surface area (TPSA) is 359 Å². The molecule has 52 heavy (non-hydrogen) atoms. The lowest BCUT2D eigenvalue weighted by atomic mass is 9.93. The van der Waals surface area contributed by atoms with Crippen LogP contribution in [0.2, 0.25) is 0 Å². The zero-order chi connectivity index (χ0) is 39.4. The molecule has 0 saturated carbocycles. The second-order valence-corrected chi connectivity index (χ2v) is 11.8. The summed E-state index contributed by atoms with van der Waals surface area (Å²) in [6, 6.07) is -5.37. The molecule has 24 nitrogen and oxygen atoms in total. The first-order valence-corrected chi connectivity index (χ1v) is 15.3. The summed E-state index contributed by atoms with van der Waals surface area (Å²) in [4.78, 5) is 97.7. The Morgan fingerprint density at radius 1 is 0.481 bits per heavy atom. The Labute approximate surface area is 292 Å². The number of aliphatic carboxylic acids is 3. The molecule has 24 heteroatoms. The molecule has 3 aliphatic heterocycles. The number of hydrogen-bond donors (Lipinski definition) is 9. The Morgan fingerprint density at radius 2 is 0.846 bits per heavy atom. The molecule has 3 amide bonds. The first kappa shape index (κ1) is 41.9. The molecule has 3 heterocycles. The maximum atomic E-state index is 12.7. The smallest absolute Gasteiger partial charge is 0.335 e. The van der Waals surface area contributed by atoms with Crippen LogP contribution in [-0.4, -0.2) is 170 Å². The summed E-state index contributed by atoms with van der Waals surface area (Å²) >= 11 is 0. The van der Waals surface area contributed by atoms with Crippen LogP contribution >= 0.6 is 0 Å². The molecule has 9 N–H and O–H groups in total. The minimum absolute atomic E-state index is 0.812. The highest BCUT2D eigenvalue weighted by molar-refractivity contribution is 5.77. The van der Waals surface area contributed by atoms with Crippen molar-refractivity contribution in [2.45, 2.75) is 127 Å². The minimum atomic E-state index is -2.37. The van der Waals surface area contributed by atoms with E-state index >= 15 is 0 Å². The van der Waals surface area contributed by atoms with Gasteiger partial charge in [-0.25, -0.2) is 14.4 Å². The van der Waals surface area contributed by atoms with Gasteiger partial charge in [-0.05, 0) is 0 Å². The molecule has 292 valence electrons. The van der Waals surface area contributed by atoms with E-state index in [0.717, 1.165) is 34.6 Å². The van der Waals surface area contributed by atoms with Crippen LogP contribution in [0.1, 0.15) is 34.6 Å². The quantitative estimate of drug-likeness (QED) is 0.0838. The molecule has 0 unspecified atom stereocenters. The van der Waals surface area contributed by atoms with Crippen molar-refractivity contribution in [1.29, 1.82) is 0 Å². The molecule has 0 bridgehead atoms. The van der Waals surface area contributed by atoms with Crippen LogP contribution in [0.3, 0.4) is 0 Å². The fourth-order valence-electron chi connectivity index (χ4n) is 5.82. The van der Waals surface area contributed by atoms with E-state index < -0.39 is 139 Å². The number of carboxylic acids is 3. The van der Waals surface area contributed by atoms with E-state index in [4.69, 9.17) is 33.2 Å². The number of ether oxygens (including phenoxy) is 7. The highest BCUT2D eigenvalue weighted by atomic mass is 16.8. The maximum absolute atomic E-state index is 12.7. The molecule has 0 aromatic heterocycles. The monoisotopic (exact) mass is 753 g/mol. The van der Waals surface area contributed by atoms with E-state index in [2.05, 4.69) is 16.0 Å². The number of hydrogen-bond acceptors (Lipinski definition) is 18. The summed E-state index contributed by atoms with van der Waals surface area (Å²) in [7, 11) is 0. The van der Waals surface area contributed by atoms with Gasteiger partial charge in [-0.2, -0.15) is 0 Å². The van der Waals surface area contributed by atoms with Crippen molar-refractivity contribution >= 4 is 47.6 Å². The molecule has 3 rings (SSSR count). The number of aliphatic hydroxyl groups is 3. The normalized spacial score (nSPS) is 37.4. The van der Waals surface area contributed by atoms with Crippen molar-refractivity contribution in [3.05, 3.63) is 0 Å². The Hall–Kier alpha value is -4.56. The highest BCUT2D eigenvalue weighted by Gasteiger charge is 2.59. The second-order valence-electron chi connectivity index (χ2n) is 11.8. The largest absolute Gasteiger partial charge is 0.479 e. The number of carbonyl (C=O) groups is 8. The van der Waals surface area contributed by atoms with Gasteiger partial charge in [-0.15, -0.1) is 0 Å². The van der Waals surface area contributed by atoms with Crippen LogP contribution < -0.4 is 16.0 Å². The van der Waals surface area contributed by atoms with Gasteiger partial charge in [0.1, 0.15) is 42.5 Å². The van der Waals surface area contributed by atoms with Crippen LogP contribution in [0, 0.1) is 0 Å². The summed E-state index contributed by atoms with van der Waals surface area (Å²) in [6.45, 7) is 4.66. The van der Waals surface area contributed by atoms with Gasteiger partial charge in [-0.1, -0.05) is 0 Å². The molecule has 0 aromatic carbocycles. The van der Waals surface area contributed by atoms with Gasteiger partial charge in [0.05, 0.1) is 0 Å². The predicted molar refractivity (Wildman–Crippen MR) is 157 cm³/mol. The molecule has 0 radical (unpaired) electrons. The van der Waals surface area contributed by atoms with Crippen molar-refractivity contribution in [2.75, 3.05) is 0 Å². The van der Waals surface area contributed by atoms with Gasteiger partial charge < -0.3 is 79.7 Å². The van der Waals surface area contributed by atoms with Gasteiger partial charge in [0, 0.05) is 34.6 Å². The molecular weight excluding hydrogens is 714 g/mol. The number of amides is 3. The Balaban J connectivity index is 2.16. The zero-order valence-electron chi connectivity index (χ0n) is 28.0. The zero-order valence-corrected chi connectivity index (χ0v) is 28.0. The molecule has 3 fully saturated rings. The van der Waals surface area contributed by atoms with Gasteiger partial charge in [0.2, 0.25) is 17.7 Å². The lowest BCUT2D eigenvalue weighted by Gasteiger charge is -2.49. The number of esters is 2. The van der Waals surface area contributed by atoms with Crippen molar-refractivity contribution in [3.63, 3.8) is 0 Å². The van der Waals surface area contributed by atoms with E-state index in [1.807, 2.05) is 0 Å². The van der Waals surface area contributed by atoms with Crippen LogP contribution in [0.5, 0.6) is 0 Å². The van der Waals surface area contributed by atoms with Gasteiger partial charge in [-0.3, -0.25) is 24.0 Å². The van der Waals surface area contributed by atoms with E-state index in [9.17, 15) is 69.0 Å². The Kier molecular flexibility index (Phi) is 13.9. The van der Waals surface area contributed by atoms with Crippen molar-refractivity contribution in [2.24, 2.45) is 0 Å². The Morgan fingerprint density at radius 3 is 1.27 bits per heavy atom. The summed E-state index contributed by atoms with van der Waals surface area (Å²) in [6.07, 6.45) is -25.6. The maximum Gasteiger partial charge on any atom is 0.335 e. The van der Waals surface area contributed by atoms with Crippen molar-refractivity contribution in [1.82, 2.24) is 16.0 Å². The van der Waals surface area contributed by atoms with Crippen LogP contribution in [0.4, 0.5) is 0 Å². The average Bonchev–Trinajstić information content (AvgIpc) is 3.00. The third kappa shape index (κ3) is 9.85. The fraction of sp³-hybridized carbons (Fsp3) is 0.714. The number of nitrogens with one attached hydrogen (secondary N) is 3. The van der Waals surface area contributed by atoms with E-state index in [0.29, 0.717) is 0 Å². The fourth-order valence-corrected chi connectivity index (χ4v) is 5.82. The minimum Gasteiger partial charge on any atom is -0.479 e. The van der Waals surface area contributed by atoms with Gasteiger partial charge >= 0.3 is 29.8 Å². The molecule has 3 saturated heterocycles. The summed E-state index contributed by atoms with van der Waals surface area (Å²) in [5.74, 6) is -10.3. The third-order valence-corrected chi connectivity index (χ3v) is 7.75. The molecule has 0 aliphatic carbocycles. The number of rotatable bonds is 12. The summed E-state index contributed by atoms with van der Waals surface area (Å²) in [5.41, 5.74) is 0. The standard InChI is InChI=1S/C28H39N3O21/c1-6(32)29-11-14(37)15(38)18(23(39)40)49-27(11)50-20-17(47-10(5)36)13(31-8(3)34)28(52-22(20)25(43)44)51-19-16(46-9(4)35)12(30-7(2)33)26(45)48-21(19)24(41)42/h11-22,26-28,37-38,45H,1-5H3,(H,29,32)(H,30,33)(H,31,34)(H,39,40)(H,41,42)(H,43,44)/t11-,12-,13-,14-,15-,16-,17-,18+,19-,20-,21+,22+,26+,27-,28+/m1/s1. The van der Waals surface area contributed by atoms with Crippen LogP contribution in [0.25, 0.3) is 0 Å². The lowest BCUT2D eigenvalue weighted by Crippen LogP contribution is -2.72. The molecule has 0 spiro atoms. The lowest BCUT2D eigenvalue weighted by molar-refractivity contribution is -0.342. The van der Waals surface area contributed by atoms with E-state index in [1.54, 1.807) is 0 Å². The van der Waals surface area contributed by atoms with Crippen molar-refractivity contribution in [3.8, 4) is 0 Å². The first-order chi connectivity index (χ1) is 24.1. The summed E-state index contributed by atoms with van der Waals surface area (Å²) < 4.78 is 38.2. The third-order valence-electron chi connectivity index (χ3n) is 7.75. The van der Waals surface area contributed by atoms with E-state index in [1.165, 1.54) is 0 Å². The number of aliphatic hydroxyl groups excluding tert-OH is 3. The summed E-state index contributed by atoms with van der Waals surface area (Å²) in [5, 5.41) is 68.1. The van der Waals surface area contributed by atoms with Gasteiger partial charge in [0.15, 0.2) is 49.4 Å². The average molecular weight is 754 g/mol. The number of carboxylic acid groups (broad SMARTS) is 3. The molecule has 15 atom stereocenters. The molecule has 0 aromatic rings.